The molecule has 0 radical (unpaired) electrons. The number of hydrogen-bond donors (Lipinski definition) is 0. The van der Waals surface area contributed by atoms with Gasteiger partial charge in [0.25, 0.3) is 0 Å². The van der Waals surface area contributed by atoms with Crippen LogP contribution >= 0.6 is 0 Å². The number of carbonyl (C=O) groups excluding carboxylic acids is 2. The Kier molecular flexibility index (Phi) is 5.28. The summed E-state index contributed by atoms with van der Waals surface area (Å²) < 4.78 is 0. The van der Waals surface area contributed by atoms with Crippen molar-refractivity contribution in [1.29, 1.82) is 0 Å². The maximum atomic E-state index is 11.2. The van der Waals surface area contributed by atoms with Crippen LogP contribution in [0.15, 0.2) is 11.6 Å². The van der Waals surface area contributed by atoms with Crippen molar-refractivity contribution < 1.29 is 9.59 Å². The van der Waals surface area contributed by atoms with Crippen LogP contribution in [0.2, 0.25) is 0 Å². The van der Waals surface area contributed by atoms with Crippen molar-refractivity contribution in [2.24, 2.45) is 5.92 Å². The molecule has 0 aliphatic rings. The van der Waals surface area contributed by atoms with Gasteiger partial charge in [-0.25, -0.2) is 0 Å². The first-order valence-electron chi connectivity index (χ1n) is 4.64. The van der Waals surface area contributed by atoms with Gasteiger partial charge in [-0.15, -0.1) is 0 Å². The molecule has 0 amide bonds. The summed E-state index contributed by atoms with van der Waals surface area (Å²) in [6, 6.07) is 0. The van der Waals surface area contributed by atoms with Crippen molar-refractivity contribution >= 4 is 11.6 Å². The number of rotatable bonds is 5. The molecule has 0 aliphatic heterocycles. The molecule has 0 heterocycles. The molecule has 0 spiro atoms. The van der Waals surface area contributed by atoms with Gasteiger partial charge < -0.3 is 0 Å². The van der Waals surface area contributed by atoms with E-state index in [2.05, 4.69) is 0 Å². The Labute approximate surface area is 80.0 Å². The lowest BCUT2D eigenvalue weighted by Crippen LogP contribution is -2.08. The Balaban J connectivity index is 3.84. The third-order valence-electron chi connectivity index (χ3n) is 1.71. The molecule has 0 atom stereocenters. The first-order chi connectivity index (χ1) is 5.93. The number of allylic oxidation sites excluding steroid dienone is 2. The highest BCUT2D eigenvalue weighted by Gasteiger charge is 2.08. The van der Waals surface area contributed by atoms with E-state index in [1.54, 1.807) is 6.08 Å². The minimum Gasteiger partial charge on any atom is -0.299 e. The zero-order chi connectivity index (χ0) is 10.4. The number of hydrogen-bond acceptors (Lipinski definition) is 2. The standard InChI is InChI=1S/C11H18O2/c1-8(2)7-10(12)5-6-11(13)9(3)4/h7,9H,5-6H2,1-4H3. The van der Waals surface area contributed by atoms with Crippen LogP contribution in [0, 0.1) is 5.92 Å². The van der Waals surface area contributed by atoms with Gasteiger partial charge in [-0.3, -0.25) is 9.59 Å². The van der Waals surface area contributed by atoms with Crippen LogP contribution in [0.25, 0.3) is 0 Å². The predicted octanol–water partition coefficient (Wildman–Crippen LogP) is 2.53. The molecule has 0 N–H and O–H groups in total. The number of Topliss-reactive ketones (excluding diaryl/α,β-unsaturated/α-hetero) is 1. The van der Waals surface area contributed by atoms with Gasteiger partial charge >= 0.3 is 0 Å². The molecule has 2 heteroatoms. The molecule has 0 rings (SSSR count). The zero-order valence-electron chi connectivity index (χ0n) is 8.89. The summed E-state index contributed by atoms with van der Waals surface area (Å²) in [6.07, 6.45) is 2.32. The monoisotopic (exact) mass is 182 g/mol. The average molecular weight is 182 g/mol. The second-order valence-electron chi connectivity index (χ2n) is 3.81. The van der Waals surface area contributed by atoms with Crippen molar-refractivity contribution in [2.75, 3.05) is 0 Å². The normalized spacial score (nSPS) is 9.92. The molecule has 0 bridgehead atoms. The highest BCUT2D eigenvalue weighted by atomic mass is 16.1. The second kappa shape index (κ2) is 5.68. The molecule has 0 saturated heterocycles. The fourth-order valence-corrected chi connectivity index (χ4v) is 0.929. The first kappa shape index (κ1) is 12.1. The lowest BCUT2D eigenvalue weighted by molar-refractivity contribution is -0.124. The fourth-order valence-electron chi connectivity index (χ4n) is 0.929. The van der Waals surface area contributed by atoms with E-state index in [-0.39, 0.29) is 17.5 Å². The van der Waals surface area contributed by atoms with E-state index < -0.39 is 0 Å². The maximum Gasteiger partial charge on any atom is 0.156 e. The van der Waals surface area contributed by atoms with Crippen molar-refractivity contribution in [3.63, 3.8) is 0 Å². The van der Waals surface area contributed by atoms with Crippen molar-refractivity contribution in [2.45, 2.75) is 40.5 Å². The van der Waals surface area contributed by atoms with Crippen molar-refractivity contribution in [3.05, 3.63) is 11.6 Å². The molecule has 0 aromatic carbocycles. The third-order valence-corrected chi connectivity index (χ3v) is 1.71. The van der Waals surface area contributed by atoms with Gasteiger partial charge in [0.2, 0.25) is 0 Å². The van der Waals surface area contributed by atoms with Crippen LogP contribution in [0.1, 0.15) is 40.5 Å². The second-order valence-corrected chi connectivity index (χ2v) is 3.81. The van der Waals surface area contributed by atoms with Gasteiger partial charge in [0.15, 0.2) is 5.78 Å². The molecule has 0 aliphatic carbocycles. The van der Waals surface area contributed by atoms with E-state index >= 15 is 0 Å². The highest BCUT2D eigenvalue weighted by molar-refractivity contribution is 5.93. The summed E-state index contributed by atoms with van der Waals surface area (Å²) in [7, 11) is 0. The molecule has 74 valence electrons. The number of carbonyl (C=O) groups is 2. The third kappa shape index (κ3) is 6.26. The van der Waals surface area contributed by atoms with Gasteiger partial charge in [-0.1, -0.05) is 19.4 Å². The number of ketones is 2. The summed E-state index contributed by atoms with van der Waals surface area (Å²) in [4.78, 5) is 22.3. The fraction of sp³-hybridized carbons (Fsp3) is 0.636. The Morgan fingerprint density at radius 1 is 1.15 bits per heavy atom. The lowest BCUT2D eigenvalue weighted by atomic mass is 10.0. The predicted molar refractivity (Wildman–Crippen MR) is 53.5 cm³/mol. The first-order valence-corrected chi connectivity index (χ1v) is 4.64. The minimum atomic E-state index is 0.0412. The molecule has 0 saturated carbocycles. The lowest BCUT2D eigenvalue weighted by Gasteiger charge is -2.01. The molecule has 0 aromatic heterocycles. The molecular formula is C11H18O2. The topological polar surface area (TPSA) is 34.1 Å². The van der Waals surface area contributed by atoms with E-state index in [1.807, 2.05) is 27.7 Å². The van der Waals surface area contributed by atoms with Crippen LogP contribution in [0.4, 0.5) is 0 Å². The molecule has 13 heavy (non-hydrogen) atoms. The average Bonchev–Trinajstić information content (AvgIpc) is 1.98. The van der Waals surface area contributed by atoms with Crippen LogP contribution in [-0.2, 0) is 9.59 Å². The molecule has 0 aromatic rings. The van der Waals surface area contributed by atoms with Gasteiger partial charge in [-0.05, 0) is 19.9 Å². The summed E-state index contributed by atoms with van der Waals surface area (Å²) in [5, 5.41) is 0. The largest absolute Gasteiger partial charge is 0.299 e. The van der Waals surface area contributed by atoms with E-state index in [0.29, 0.717) is 12.8 Å². The van der Waals surface area contributed by atoms with Crippen LogP contribution in [0.3, 0.4) is 0 Å². The maximum absolute atomic E-state index is 11.2. The smallest absolute Gasteiger partial charge is 0.156 e. The summed E-state index contributed by atoms with van der Waals surface area (Å²) >= 11 is 0. The van der Waals surface area contributed by atoms with E-state index in [9.17, 15) is 9.59 Å². The molecular weight excluding hydrogens is 164 g/mol. The Morgan fingerprint density at radius 3 is 2.08 bits per heavy atom. The minimum absolute atomic E-state index is 0.0412. The van der Waals surface area contributed by atoms with E-state index in [1.165, 1.54) is 0 Å². The quantitative estimate of drug-likeness (QED) is 0.612. The zero-order valence-corrected chi connectivity index (χ0v) is 8.89. The van der Waals surface area contributed by atoms with Gasteiger partial charge in [0.05, 0.1) is 0 Å². The van der Waals surface area contributed by atoms with E-state index in [4.69, 9.17) is 0 Å². The van der Waals surface area contributed by atoms with Crippen LogP contribution in [-0.4, -0.2) is 11.6 Å². The SMILES string of the molecule is CC(C)=CC(=O)CCC(=O)C(C)C. The molecule has 2 nitrogen and oxygen atoms in total. The van der Waals surface area contributed by atoms with Gasteiger partial charge in [-0.2, -0.15) is 0 Å². The van der Waals surface area contributed by atoms with Gasteiger partial charge in [0, 0.05) is 18.8 Å². The van der Waals surface area contributed by atoms with Crippen LogP contribution in [0.5, 0.6) is 0 Å². The summed E-state index contributed by atoms with van der Waals surface area (Å²) in [5.41, 5.74) is 0.988. The van der Waals surface area contributed by atoms with Crippen molar-refractivity contribution in [3.8, 4) is 0 Å². The van der Waals surface area contributed by atoms with Crippen molar-refractivity contribution in [1.82, 2.24) is 0 Å². The van der Waals surface area contributed by atoms with Crippen LogP contribution < -0.4 is 0 Å². The Hall–Kier alpha value is -0.920. The van der Waals surface area contributed by atoms with Gasteiger partial charge in [0.1, 0.15) is 5.78 Å². The Bertz CT molecular complexity index is 220. The van der Waals surface area contributed by atoms with E-state index in [0.717, 1.165) is 5.57 Å². The summed E-state index contributed by atoms with van der Waals surface area (Å²) in [5.74, 6) is 0.254. The Morgan fingerprint density at radius 2 is 1.69 bits per heavy atom. The highest BCUT2D eigenvalue weighted by Crippen LogP contribution is 2.03. The molecule has 0 unspecified atom stereocenters. The molecule has 0 fully saturated rings. The summed E-state index contributed by atoms with van der Waals surface area (Å²) in [6.45, 7) is 7.46.